The summed E-state index contributed by atoms with van der Waals surface area (Å²) in [4.78, 5) is 12.3. The molecule has 0 saturated carbocycles. The summed E-state index contributed by atoms with van der Waals surface area (Å²) in [6.07, 6.45) is 0. The van der Waals surface area contributed by atoms with Crippen molar-refractivity contribution >= 4 is 58.2 Å². The summed E-state index contributed by atoms with van der Waals surface area (Å²) in [6.45, 7) is 2.92. The van der Waals surface area contributed by atoms with Gasteiger partial charge >= 0.3 is 0 Å². The van der Waals surface area contributed by atoms with Crippen molar-refractivity contribution in [2.45, 2.75) is 25.2 Å². The molecule has 0 radical (unpaired) electrons. The van der Waals surface area contributed by atoms with Gasteiger partial charge in [-0.15, -0.1) is 10.2 Å². The molecule has 2 aromatic carbocycles. The van der Waals surface area contributed by atoms with E-state index in [0.717, 1.165) is 5.75 Å². The number of ether oxygens (including phenoxy) is 1. The second-order valence-electron chi connectivity index (χ2n) is 5.83. The Morgan fingerprint density at radius 1 is 1.14 bits per heavy atom. The first-order valence-electron chi connectivity index (χ1n) is 8.65. The summed E-state index contributed by atoms with van der Waals surface area (Å²) >= 11 is 19.4. The van der Waals surface area contributed by atoms with Gasteiger partial charge in [-0.1, -0.05) is 64.8 Å². The molecule has 6 nitrogen and oxygen atoms in total. The minimum atomic E-state index is -0.270. The molecule has 0 fully saturated rings. The molecule has 1 amide bonds. The van der Waals surface area contributed by atoms with E-state index >= 15 is 0 Å². The van der Waals surface area contributed by atoms with Crippen LogP contribution < -0.4 is 10.1 Å². The predicted octanol–water partition coefficient (Wildman–Crippen LogP) is 5.57. The molecule has 0 bridgehead atoms. The molecular formula is C19H17Cl3N4O2S. The van der Waals surface area contributed by atoms with Gasteiger partial charge < -0.3 is 14.6 Å². The van der Waals surface area contributed by atoms with Gasteiger partial charge in [0.25, 0.3) is 0 Å². The van der Waals surface area contributed by atoms with Crippen LogP contribution in [0.4, 0.5) is 5.69 Å². The van der Waals surface area contributed by atoms with E-state index in [0.29, 0.717) is 28.2 Å². The van der Waals surface area contributed by atoms with E-state index < -0.39 is 0 Å². The maximum atomic E-state index is 12.3. The number of halogens is 3. The van der Waals surface area contributed by atoms with Gasteiger partial charge in [0.2, 0.25) is 5.91 Å². The number of nitrogens with one attached hydrogen (secondary N) is 1. The van der Waals surface area contributed by atoms with Crippen molar-refractivity contribution in [1.29, 1.82) is 0 Å². The average molecular weight is 472 g/mol. The van der Waals surface area contributed by atoms with Crippen molar-refractivity contribution in [1.82, 2.24) is 14.8 Å². The molecule has 0 atom stereocenters. The third-order valence-corrected chi connectivity index (χ3v) is 5.61. The number of nitrogens with zero attached hydrogens (tertiary/aromatic N) is 3. The zero-order valence-electron chi connectivity index (χ0n) is 15.4. The minimum absolute atomic E-state index is 0.118. The molecule has 1 heterocycles. The number of carbonyl (C=O) groups is 1. The monoisotopic (exact) mass is 470 g/mol. The lowest BCUT2D eigenvalue weighted by Gasteiger charge is -2.10. The van der Waals surface area contributed by atoms with Crippen LogP contribution in [0.2, 0.25) is 15.1 Å². The molecule has 0 aliphatic carbocycles. The fraction of sp³-hybridized carbons (Fsp3) is 0.211. The molecule has 10 heteroatoms. The zero-order valence-corrected chi connectivity index (χ0v) is 18.4. The second kappa shape index (κ2) is 10.2. The van der Waals surface area contributed by atoms with Crippen molar-refractivity contribution < 1.29 is 9.53 Å². The van der Waals surface area contributed by atoms with Gasteiger partial charge in [0.05, 0.1) is 21.5 Å². The Kier molecular flexibility index (Phi) is 7.66. The van der Waals surface area contributed by atoms with Crippen LogP contribution in [-0.2, 0) is 17.9 Å². The lowest BCUT2D eigenvalue weighted by Crippen LogP contribution is -2.15. The first-order valence-corrected chi connectivity index (χ1v) is 10.8. The number of benzene rings is 2. The number of amides is 1. The van der Waals surface area contributed by atoms with Gasteiger partial charge in [-0.2, -0.15) is 0 Å². The van der Waals surface area contributed by atoms with Gasteiger partial charge in [0.15, 0.2) is 11.0 Å². The van der Waals surface area contributed by atoms with Crippen LogP contribution >= 0.6 is 46.6 Å². The van der Waals surface area contributed by atoms with Gasteiger partial charge in [-0.25, -0.2) is 0 Å². The number of para-hydroxylation sites is 1. The molecule has 152 valence electrons. The fourth-order valence-electron chi connectivity index (χ4n) is 2.48. The van der Waals surface area contributed by atoms with Gasteiger partial charge in [-0.3, -0.25) is 4.79 Å². The van der Waals surface area contributed by atoms with Gasteiger partial charge in [0.1, 0.15) is 12.4 Å². The van der Waals surface area contributed by atoms with Crippen LogP contribution in [0.25, 0.3) is 0 Å². The number of hydrogen-bond donors (Lipinski definition) is 1. The topological polar surface area (TPSA) is 69.0 Å². The molecule has 0 spiro atoms. The number of aromatic nitrogens is 3. The van der Waals surface area contributed by atoms with Crippen LogP contribution in [0.5, 0.6) is 5.75 Å². The smallest absolute Gasteiger partial charge is 0.234 e. The molecule has 0 aliphatic rings. The summed E-state index contributed by atoms with van der Waals surface area (Å²) in [5, 5.41) is 12.6. The third kappa shape index (κ3) is 5.79. The molecule has 0 aliphatic heterocycles. The second-order valence-corrected chi connectivity index (χ2v) is 8.02. The van der Waals surface area contributed by atoms with Crippen molar-refractivity contribution in [3.8, 4) is 5.75 Å². The summed E-state index contributed by atoms with van der Waals surface area (Å²) in [5.41, 5.74) is 0.331. The Morgan fingerprint density at radius 2 is 1.83 bits per heavy atom. The normalized spacial score (nSPS) is 10.8. The standard InChI is InChI=1S/C19H17Cl3N4O2S/c1-2-26-16(10-28-13-6-4-3-5-7-13)24-25-19(26)29-11-17(27)23-18-14(21)8-12(20)9-15(18)22/h3-9H,2,10-11H2,1H3,(H,23,27). The highest BCUT2D eigenvalue weighted by molar-refractivity contribution is 7.99. The summed E-state index contributed by atoms with van der Waals surface area (Å²) < 4.78 is 7.64. The van der Waals surface area contributed by atoms with E-state index in [4.69, 9.17) is 39.5 Å². The molecule has 3 rings (SSSR count). The molecule has 1 N–H and O–H groups in total. The molecule has 3 aromatic rings. The molecule has 0 unspecified atom stereocenters. The fourth-order valence-corrected chi connectivity index (χ4v) is 4.21. The Hall–Kier alpha value is -1.93. The highest BCUT2D eigenvalue weighted by Crippen LogP contribution is 2.33. The van der Waals surface area contributed by atoms with E-state index in [1.54, 1.807) is 0 Å². The van der Waals surface area contributed by atoms with E-state index in [2.05, 4.69) is 15.5 Å². The Morgan fingerprint density at radius 3 is 2.48 bits per heavy atom. The molecule has 29 heavy (non-hydrogen) atoms. The van der Waals surface area contributed by atoms with E-state index in [1.807, 2.05) is 41.8 Å². The highest BCUT2D eigenvalue weighted by atomic mass is 35.5. The lowest BCUT2D eigenvalue weighted by molar-refractivity contribution is -0.113. The maximum absolute atomic E-state index is 12.3. The number of thioether (sulfide) groups is 1. The summed E-state index contributed by atoms with van der Waals surface area (Å²) in [5.74, 6) is 1.29. The maximum Gasteiger partial charge on any atom is 0.234 e. The molecular weight excluding hydrogens is 455 g/mol. The minimum Gasteiger partial charge on any atom is -0.486 e. The van der Waals surface area contributed by atoms with E-state index in [9.17, 15) is 4.79 Å². The van der Waals surface area contributed by atoms with Crippen LogP contribution in [0, 0.1) is 0 Å². The molecule has 1 aromatic heterocycles. The van der Waals surface area contributed by atoms with Crippen molar-refractivity contribution in [3.05, 3.63) is 63.4 Å². The largest absolute Gasteiger partial charge is 0.486 e. The number of carbonyl (C=O) groups excluding carboxylic acids is 1. The van der Waals surface area contributed by atoms with Crippen LogP contribution in [0.3, 0.4) is 0 Å². The van der Waals surface area contributed by atoms with Gasteiger partial charge in [-0.05, 0) is 31.2 Å². The predicted molar refractivity (Wildman–Crippen MR) is 117 cm³/mol. The SMILES string of the molecule is CCn1c(COc2ccccc2)nnc1SCC(=O)Nc1c(Cl)cc(Cl)cc1Cl. The molecule has 0 saturated heterocycles. The highest BCUT2D eigenvalue weighted by Gasteiger charge is 2.16. The van der Waals surface area contributed by atoms with Crippen LogP contribution in [-0.4, -0.2) is 26.4 Å². The van der Waals surface area contributed by atoms with Crippen molar-refractivity contribution in [2.75, 3.05) is 11.1 Å². The number of rotatable bonds is 8. The summed E-state index contributed by atoms with van der Waals surface area (Å²) in [7, 11) is 0. The first-order chi connectivity index (χ1) is 14.0. The van der Waals surface area contributed by atoms with Gasteiger partial charge in [0, 0.05) is 11.6 Å². The van der Waals surface area contributed by atoms with Crippen LogP contribution in [0.15, 0.2) is 47.6 Å². The number of anilines is 1. The van der Waals surface area contributed by atoms with E-state index in [1.165, 1.54) is 23.9 Å². The summed E-state index contributed by atoms with van der Waals surface area (Å²) in [6, 6.07) is 12.5. The third-order valence-electron chi connectivity index (χ3n) is 3.82. The lowest BCUT2D eigenvalue weighted by atomic mass is 10.3. The zero-order chi connectivity index (χ0) is 20.8. The van der Waals surface area contributed by atoms with Crippen molar-refractivity contribution in [2.24, 2.45) is 0 Å². The van der Waals surface area contributed by atoms with Crippen LogP contribution in [0.1, 0.15) is 12.7 Å². The Labute approximate surface area is 187 Å². The first kappa shape index (κ1) is 21.8. The van der Waals surface area contributed by atoms with Crippen molar-refractivity contribution in [3.63, 3.8) is 0 Å². The van der Waals surface area contributed by atoms with E-state index in [-0.39, 0.29) is 28.3 Å². The quantitative estimate of drug-likeness (QED) is 0.435. The number of hydrogen-bond acceptors (Lipinski definition) is 5. The Balaban J connectivity index is 1.60. The Bertz CT molecular complexity index is 975. The average Bonchev–Trinajstić information content (AvgIpc) is 3.10.